The Hall–Kier alpha value is -0.930. The second-order valence-corrected chi connectivity index (χ2v) is 4.46. The minimum absolute atomic E-state index is 0.879. The van der Waals surface area contributed by atoms with Crippen LogP contribution in [0.15, 0.2) is 18.2 Å². The van der Waals surface area contributed by atoms with Gasteiger partial charge in [-0.1, -0.05) is 6.07 Å². The molecule has 0 saturated heterocycles. The summed E-state index contributed by atoms with van der Waals surface area (Å²) in [5.41, 5.74) is 2.22. The third kappa shape index (κ3) is 5.83. The Labute approximate surface area is 98.9 Å². The molecule has 0 radical (unpaired) electrons. The molecular weight excluding hydrogens is 198 g/mol. The number of aryl methyl sites for hydroxylation is 1. The molecule has 3 nitrogen and oxygen atoms in total. The quantitative estimate of drug-likeness (QED) is 0.712. The Balaban J connectivity index is 2.07. The largest absolute Gasteiger partial charge is 0.311 e. The van der Waals surface area contributed by atoms with Crippen molar-refractivity contribution in [1.29, 1.82) is 0 Å². The van der Waals surface area contributed by atoms with Crippen LogP contribution in [0.3, 0.4) is 0 Å². The highest BCUT2D eigenvalue weighted by Gasteiger charge is 1.95. The molecule has 1 N–H and O–H groups in total. The van der Waals surface area contributed by atoms with E-state index < -0.39 is 0 Å². The first-order valence-corrected chi connectivity index (χ1v) is 5.96. The van der Waals surface area contributed by atoms with Crippen LogP contribution in [0.2, 0.25) is 0 Å². The van der Waals surface area contributed by atoms with Gasteiger partial charge in [0.25, 0.3) is 0 Å². The minimum atomic E-state index is 0.879. The van der Waals surface area contributed by atoms with Gasteiger partial charge in [-0.15, -0.1) is 0 Å². The number of unbranched alkanes of at least 4 members (excludes halogenated alkanes) is 1. The van der Waals surface area contributed by atoms with Crippen LogP contribution in [0, 0.1) is 6.92 Å². The lowest BCUT2D eigenvalue weighted by Crippen LogP contribution is -2.18. The predicted molar refractivity (Wildman–Crippen MR) is 68.5 cm³/mol. The van der Waals surface area contributed by atoms with Crippen LogP contribution < -0.4 is 5.32 Å². The van der Waals surface area contributed by atoms with E-state index in [1.54, 1.807) is 0 Å². The number of nitrogens with one attached hydrogen (secondary N) is 1. The lowest BCUT2D eigenvalue weighted by Gasteiger charge is -2.09. The summed E-state index contributed by atoms with van der Waals surface area (Å²) >= 11 is 0. The molecule has 1 aromatic heterocycles. The molecule has 0 saturated carbocycles. The third-order valence-electron chi connectivity index (χ3n) is 2.46. The van der Waals surface area contributed by atoms with Crippen molar-refractivity contribution in [2.75, 3.05) is 27.2 Å². The molecule has 0 amide bonds. The fourth-order valence-electron chi connectivity index (χ4n) is 1.59. The number of hydrogen-bond donors (Lipinski definition) is 1. The van der Waals surface area contributed by atoms with Gasteiger partial charge in [-0.25, -0.2) is 0 Å². The van der Waals surface area contributed by atoms with E-state index in [0.717, 1.165) is 24.5 Å². The van der Waals surface area contributed by atoms with Gasteiger partial charge in [-0.05, 0) is 59.1 Å². The summed E-state index contributed by atoms with van der Waals surface area (Å²) in [4.78, 5) is 6.67. The van der Waals surface area contributed by atoms with E-state index in [-0.39, 0.29) is 0 Å². The number of pyridine rings is 1. The van der Waals surface area contributed by atoms with Crippen LogP contribution >= 0.6 is 0 Å². The second-order valence-electron chi connectivity index (χ2n) is 4.46. The maximum Gasteiger partial charge on any atom is 0.0544 e. The highest BCUT2D eigenvalue weighted by Crippen LogP contribution is 1.97. The van der Waals surface area contributed by atoms with Gasteiger partial charge in [0, 0.05) is 12.2 Å². The fraction of sp³-hybridized carbons (Fsp3) is 0.615. The average molecular weight is 221 g/mol. The normalized spacial score (nSPS) is 11.0. The molecule has 16 heavy (non-hydrogen) atoms. The average Bonchev–Trinajstić information content (AvgIpc) is 2.23. The molecule has 0 unspecified atom stereocenters. The van der Waals surface area contributed by atoms with Crippen LogP contribution in [-0.2, 0) is 6.54 Å². The first-order valence-electron chi connectivity index (χ1n) is 5.96. The Morgan fingerprint density at radius 2 is 2.06 bits per heavy atom. The van der Waals surface area contributed by atoms with Gasteiger partial charge in [-0.3, -0.25) is 4.98 Å². The SMILES string of the molecule is Cc1cccc(CNCCCCN(C)C)n1. The monoisotopic (exact) mass is 221 g/mol. The molecule has 1 aromatic rings. The van der Waals surface area contributed by atoms with Crippen molar-refractivity contribution >= 4 is 0 Å². The molecule has 0 bridgehead atoms. The Bertz CT molecular complexity index is 297. The Morgan fingerprint density at radius 3 is 2.75 bits per heavy atom. The van der Waals surface area contributed by atoms with Crippen molar-refractivity contribution in [2.45, 2.75) is 26.3 Å². The van der Waals surface area contributed by atoms with Crippen LogP contribution in [0.5, 0.6) is 0 Å². The number of nitrogens with zero attached hydrogens (tertiary/aromatic N) is 2. The topological polar surface area (TPSA) is 28.2 Å². The van der Waals surface area contributed by atoms with Gasteiger partial charge >= 0.3 is 0 Å². The smallest absolute Gasteiger partial charge is 0.0544 e. The highest BCUT2D eigenvalue weighted by atomic mass is 15.0. The molecule has 0 aliphatic rings. The van der Waals surface area contributed by atoms with Gasteiger partial charge in [-0.2, -0.15) is 0 Å². The van der Waals surface area contributed by atoms with Crippen LogP contribution in [0.4, 0.5) is 0 Å². The van der Waals surface area contributed by atoms with Crippen molar-refractivity contribution in [3.63, 3.8) is 0 Å². The van der Waals surface area contributed by atoms with E-state index in [1.807, 2.05) is 13.0 Å². The summed E-state index contributed by atoms with van der Waals surface area (Å²) in [6.07, 6.45) is 2.48. The van der Waals surface area contributed by atoms with E-state index in [1.165, 1.54) is 19.4 Å². The number of aromatic nitrogens is 1. The lowest BCUT2D eigenvalue weighted by atomic mass is 10.3. The van der Waals surface area contributed by atoms with Crippen molar-refractivity contribution in [2.24, 2.45) is 0 Å². The molecule has 90 valence electrons. The summed E-state index contributed by atoms with van der Waals surface area (Å²) in [6, 6.07) is 6.16. The number of hydrogen-bond acceptors (Lipinski definition) is 3. The molecule has 0 atom stereocenters. The molecule has 0 fully saturated rings. The Morgan fingerprint density at radius 1 is 1.25 bits per heavy atom. The van der Waals surface area contributed by atoms with Crippen molar-refractivity contribution in [3.05, 3.63) is 29.6 Å². The molecule has 0 spiro atoms. The maximum absolute atomic E-state index is 4.45. The summed E-state index contributed by atoms with van der Waals surface area (Å²) in [5, 5.41) is 3.42. The van der Waals surface area contributed by atoms with Gasteiger partial charge in [0.1, 0.15) is 0 Å². The first kappa shape index (κ1) is 13.1. The fourth-order valence-corrected chi connectivity index (χ4v) is 1.59. The lowest BCUT2D eigenvalue weighted by molar-refractivity contribution is 0.391. The van der Waals surface area contributed by atoms with Gasteiger partial charge in [0.15, 0.2) is 0 Å². The van der Waals surface area contributed by atoms with E-state index in [0.29, 0.717) is 0 Å². The Kier molecular flexibility index (Phi) is 6.04. The molecule has 3 heteroatoms. The molecule has 1 heterocycles. The van der Waals surface area contributed by atoms with Gasteiger partial charge < -0.3 is 10.2 Å². The summed E-state index contributed by atoms with van der Waals surface area (Å²) in [6.45, 7) is 5.15. The third-order valence-corrected chi connectivity index (χ3v) is 2.46. The first-order chi connectivity index (χ1) is 7.68. The zero-order valence-corrected chi connectivity index (χ0v) is 10.7. The highest BCUT2D eigenvalue weighted by molar-refractivity contribution is 5.09. The van der Waals surface area contributed by atoms with E-state index in [4.69, 9.17) is 0 Å². The van der Waals surface area contributed by atoms with E-state index in [9.17, 15) is 0 Å². The molecular formula is C13H23N3. The predicted octanol–water partition coefficient (Wildman–Crippen LogP) is 1.82. The van der Waals surface area contributed by atoms with Crippen LogP contribution in [0.25, 0.3) is 0 Å². The maximum atomic E-state index is 4.45. The van der Waals surface area contributed by atoms with E-state index >= 15 is 0 Å². The van der Waals surface area contributed by atoms with E-state index in [2.05, 4.69) is 41.4 Å². The zero-order chi connectivity index (χ0) is 11.8. The summed E-state index contributed by atoms with van der Waals surface area (Å²) < 4.78 is 0. The summed E-state index contributed by atoms with van der Waals surface area (Å²) in [5.74, 6) is 0. The summed E-state index contributed by atoms with van der Waals surface area (Å²) in [7, 11) is 4.23. The molecule has 0 aromatic carbocycles. The molecule has 0 aliphatic carbocycles. The number of rotatable bonds is 7. The second kappa shape index (κ2) is 7.36. The zero-order valence-electron chi connectivity index (χ0n) is 10.7. The van der Waals surface area contributed by atoms with Crippen molar-refractivity contribution in [1.82, 2.24) is 15.2 Å². The molecule has 1 rings (SSSR count). The van der Waals surface area contributed by atoms with Gasteiger partial charge in [0.2, 0.25) is 0 Å². The minimum Gasteiger partial charge on any atom is -0.311 e. The molecule has 0 aliphatic heterocycles. The van der Waals surface area contributed by atoms with Gasteiger partial charge in [0.05, 0.1) is 5.69 Å². The van der Waals surface area contributed by atoms with Crippen molar-refractivity contribution in [3.8, 4) is 0 Å². The van der Waals surface area contributed by atoms with Crippen LogP contribution in [-0.4, -0.2) is 37.1 Å². The van der Waals surface area contributed by atoms with Crippen molar-refractivity contribution < 1.29 is 0 Å². The standard InChI is InChI=1S/C13H23N3/c1-12-7-6-8-13(15-12)11-14-9-4-5-10-16(2)3/h6-8,14H,4-5,9-11H2,1-3H3. The van der Waals surface area contributed by atoms with Crippen LogP contribution in [0.1, 0.15) is 24.2 Å².